The minimum absolute atomic E-state index is 0.310. The Kier molecular flexibility index (Phi) is 4.31. The van der Waals surface area contributed by atoms with E-state index in [1.807, 2.05) is 19.9 Å². The molecule has 19 heavy (non-hydrogen) atoms. The first-order valence-corrected chi connectivity index (χ1v) is 6.69. The fourth-order valence-corrected chi connectivity index (χ4v) is 1.84. The van der Waals surface area contributed by atoms with Gasteiger partial charge in [0.25, 0.3) is 0 Å². The molecule has 100 valence electrons. The van der Waals surface area contributed by atoms with Crippen molar-refractivity contribution in [2.45, 2.75) is 13.8 Å². The van der Waals surface area contributed by atoms with Crippen LogP contribution in [0.25, 0.3) is 0 Å². The van der Waals surface area contributed by atoms with Crippen molar-refractivity contribution in [1.29, 1.82) is 0 Å². The topological polar surface area (TPSA) is 49.8 Å². The van der Waals surface area contributed by atoms with E-state index in [0.29, 0.717) is 21.9 Å². The molecule has 1 heterocycles. The molecule has 0 spiro atoms. The third kappa shape index (κ3) is 3.41. The van der Waals surface area contributed by atoms with Crippen molar-refractivity contribution in [2.24, 2.45) is 0 Å². The van der Waals surface area contributed by atoms with Gasteiger partial charge in [-0.1, -0.05) is 6.07 Å². The Balaban J connectivity index is 2.29. The van der Waals surface area contributed by atoms with Crippen LogP contribution >= 0.6 is 15.9 Å². The van der Waals surface area contributed by atoms with Crippen LogP contribution in [-0.4, -0.2) is 16.5 Å². The van der Waals surface area contributed by atoms with E-state index in [2.05, 4.69) is 36.5 Å². The zero-order valence-electron chi connectivity index (χ0n) is 10.7. The molecular formula is C13H14BrFN4. The molecule has 1 aromatic carbocycles. The summed E-state index contributed by atoms with van der Waals surface area (Å²) in [5.74, 6) is 0.713. The molecular weight excluding hydrogens is 311 g/mol. The van der Waals surface area contributed by atoms with Crippen molar-refractivity contribution in [3.05, 3.63) is 40.2 Å². The minimum Gasteiger partial charge on any atom is -0.354 e. The van der Waals surface area contributed by atoms with Crippen molar-refractivity contribution >= 4 is 33.4 Å². The number of aryl methyl sites for hydroxylation is 1. The van der Waals surface area contributed by atoms with Crippen molar-refractivity contribution < 1.29 is 4.39 Å². The summed E-state index contributed by atoms with van der Waals surface area (Å²) in [6.07, 6.45) is 1.62. The second-order valence-electron chi connectivity index (χ2n) is 4.03. The lowest BCUT2D eigenvalue weighted by atomic mass is 10.2. The van der Waals surface area contributed by atoms with Crippen LogP contribution in [0.3, 0.4) is 0 Å². The van der Waals surface area contributed by atoms with Gasteiger partial charge in [-0.25, -0.2) is 9.37 Å². The van der Waals surface area contributed by atoms with Crippen molar-refractivity contribution in [3.8, 4) is 0 Å². The Bertz CT molecular complexity index is 589. The Morgan fingerprint density at radius 3 is 2.84 bits per heavy atom. The lowest BCUT2D eigenvalue weighted by Gasteiger charge is -2.10. The molecule has 0 aliphatic carbocycles. The van der Waals surface area contributed by atoms with E-state index in [1.54, 1.807) is 12.3 Å². The summed E-state index contributed by atoms with van der Waals surface area (Å²) in [4.78, 5) is 8.38. The second-order valence-corrected chi connectivity index (χ2v) is 4.88. The molecule has 2 N–H and O–H groups in total. The molecule has 0 saturated heterocycles. The summed E-state index contributed by atoms with van der Waals surface area (Å²) in [6.45, 7) is 4.52. The summed E-state index contributed by atoms with van der Waals surface area (Å²) in [5.41, 5.74) is 1.26. The maximum absolute atomic E-state index is 13.8. The van der Waals surface area contributed by atoms with Crippen LogP contribution in [0, 0.1) is 12.7 Å². The van der Waals surface area contributed by atoms with Gasteiger partial charge in [0, 0.05) is 12.7 Å². The number of hydrogen-bond acceptors (Lipinski definition) is 4. The Hall–Kier alpha value is -1.69. The van der Waals surface area contributed by atoms with Gasteiger partial charge in [-0.05, 0) is 47.5 Å². The molecule has 4 nitrogen and oxygen atoms in total. The molecule has 0 bridgehead atoms. The number of rotatable bonds is 4. The van der Waals surface area contributed by atoms with Gasteiger partial charge < -0.3 is 10.6 Å². The van der Waals surface area contributed by atoms with Crippen LogP contribution in [-0.2, 0) is 0 Å². The summed E-state index contributed by atoms with van der Waals surface area (Å²) in [5, 5.41) is 5.96. The lowest BCUT2D eigenvalue weighted by Crippen LogP contribution is -2.05. The molecule has 0 radical (unpaired) electrons. The van der Waals surface area contributed by atoms with Gasteiger partial charge in [0.15, 0.2) is 0 Å². The molecule has 0 saturated carbocycles. The van der Waals surface area contributed by atoms with Crippen LogP contribution in [0.4, 0.5) is 21.8 Å². The quantitative estimate of drug-likeness (QED) is 0.896. The molecule has 2 aromatic rings. The fourth-order valence-electron chi connectivity index (χ4n) is 1.55. The summed E-state index contributed by atoms with van der Waals surface area (Å²) >= 11 is 3.34. The predicted molar refractivity (Wildman–Crippen MR) is 78.3 cm³/mol. The number of anilines is 3. The van der Waals surface area contributed by atoms with Crippen molar-refractivity contribution in [1.82, 2.24) is 9.97 Å². The van der Waals surface area contributed by atoms with Crippen LogP contribution in [0.2, 0.25) is 0 Å². The second kappa shape index (κ2) is 5.97. The zero-order chi connectivity index (χ0) is 13.8. The maximum atomic E-state index is 13.8. The number of halogens is 2. The first kappa shape index (κ1) is 13.7. The molecule has 0 atom stereocenters. The van der Waals surface area contributed by atoms with Gasteiger partial charge in [-0.15, -0.1) is 0 Å². The average molecular weight is 325 g/mol. The van der Waals surface area contributed by atoms with Crippen molar-refractivity contribution in [3.63, 3.8) is 0 Å². The summed E-state index contributed by atoms with van der Waals surface area (Å²) in [6, 6.07) is 5.00. The first-order chi connectivity index (χ1) is 9.10. The number of nitrogens with zero attached hydrogens (tertiary/aromatic N) is 2. The van der Waals surface area contributed by atoms with Crippen LogP contribution in [0.15, 0.2) is 28.9 Å². The smallest absolute Gasteiger partial charge is 0.224 e. The van der Waals surface area contributed by atoms with Gasteiger partial charge in [0.1, 0.15) is 11.6 Å². The van der Waals surface area contributed by atoms with E-state index < -0.39 is 0 Å². The number of nitrogens with one attached hydrogen (secondary N) is 2. The van der Waals surface area contributed by atoms with Crippen LogP contribution in [0.5, 0.6) is 0 Å². The highest BCUT2D eigenvalue weighted by Crippen LogP contribution is 2.26. The maximum Gasteiger partial charge on any atom is 0.224 e. The third-order valence-electron chi connectivity index (χ3n) is 2.46. The standard InChI is InChI=1S/C13H14BrFN4/c1-3-16-13-17-7-9(14)12(19-13)18-11-5-4-8(2)6-10(11)15/h4-7H,3H2,1-2H3,(H2,16,17,18,19). The molecule has 0 fully saturated rings. The van der Waals surface area contributed by atoms with Crippen molar-refractivity contribution in [2.75, 3.05) is 17.2 Å². The van der Waals surface area contributed by atoms with E-state index in [9.17, 15) is 4.39 Å². The van der Waals surface area contributed by atoms with Gasteiger partial charge in [0.2, 0.25) is 5.95 Å². The van der Waals surface area contributed by atoms with E-state index >= 15 is 0 Å². The Morgan fingerprint density at radius 2 is 2.16 bits per heavy atom. The lowest BCUT2D eigenvalue weighted by molar-refractivity contribution is 0.630. The predicted octanol–water partition coefficient (Wildman–Crippen LogP) is 3.86. The van der Waals surface area contributed by atoms with Crippen LogP contribution < -0.4 is 10.6 Å². The van der Waals surface area contributed by atoms with E-state index in [1.165, 1.54) is 6.07 Å². The van der Waals surface area contributed by atoms with E-state index in [-0.39, 0.29) is 5.82 Å². The largest absolute Gasteiger partial charge is 0.354 e. The fraction of sp³-hybridized carbons (Fsp3) is 0.231. The summed E-state index contributed by atoms with van der Waals surface area (Å²) < 4.78 is 14.5. The van der Waals surface area contributed by atoms with E-state index in [4.69, 9.17) is 0 Å². The number of aromatic nitrogens is 2. The first-order valence-electron chi connectivity index (χ1n) is 5.89. The SMILES string of the molecule is CCNc1ncc(Br)c(Nc2ccc(C)cc2F)n1. The van der Waals surface area contributed by atoms with Gasteiger partial charge in [0.05, 0.1) is 10.2 Å². The van der Waals surface area contributed by atoms with Gasteiger partial charge >= 0.3 is 0 Å². The summed E-state index contributed by atoms with van der Waals surface area (Å²) in [7, 11) is 0. The molecule has 0 unspecified atom stereocenters. The monoisotopic (exact) mass is 324 g/mol. The van der Waals surface area contributed by atoms with Crippen LogP contribution in [0.1, 0.15) is 12.5 Å². The minimum atomic E-state index is -0.310. The highest BCUT2D eigenvalue weighted by Gasteiger charge is 2.08. The molecule has 2 rings (SSSR count). The zero-order valence-corrected chi connectivity index (χ0v) is 12.3. The molecule has 0 amide bonds. The third-order valence-corrected chi connectivity index (χ3v) is 3.04. The van der Waals surface area contributed by atoms with Gasteiger partial charge in [-0.3, -0.25) is 0 Å². The number of hydrogen-bond donors (Lipinski definition) is 2. The Labute approximate surface area is 119 Å². The normalized spacial score (nSPS) is 10.3. The molecule has 1 aromatic heterocycles. The highest BCUT2D eigenvalue weighted by atomic mass is 79.9. The molecule has 0 aliphatic heterocycles. The number of benzene rings is 1. The average Bonchev–Trinajstić information content (AvgIpc) is 2.37. The molecule has 0 aliphatic rings. The highest BCUT2D eigenvalue weighted by molar-refractivity contribution is 9.10. The molecule has 6 heteroatoms. The van der Waals surface area contributed by atoms with Gasteiger partial charge in [-0.2, -0.15) is 4.98 Å². The van der Waals surface area contributed by atoms with E-state index in [0.717, 1.165) is 12.1 Å². The Morgan fingerprint density at radius 1 is 1.37 bits per heavy atom.